The molecule has 1 aliphatic heterocycles. The summed E-state index contributed by atoms with van der Waals surface area (Å²) in [5, 5.41) is 0. The van der Waals surface area contributed by atoms with Gasteiger partial charge in [0, 0.05) is 44.7 Å². The molecule has 1 aromatic rings. The maximum absolute atomic E-state index is 12.9. The second-order valence-corrected chi connectivity index (χ2v) is 7.34. The summed E-state index contributed by atoms with van der Waals surface area (Å²) in [6.45, 7) is 2.41. The summed E-state index contributed by atoms with van der Waals surface area (Å²) in [6, 6.07) is 3.26. The second-order valence-electron chi connectivity index (χ2n) is 5.45. The third kappa shape index (κ3) is 4.23. The molecule has 0 unspecified atom stereocenters. The van der Waals surface area contributed by atoms with Crippen LogP contribution in [0, 0.1) is 0 Å². The number of hydrogen-bond donors (Lipinski definition) is 0. The van der Waals surface area contributed by atoms with Gasteiger partial charge in [-0.25, -0.2) is 8.42 Å². The van der Waals surface area contributed by atoms with Gasteiger partial charge in [-0.05, 0) is 39.1 Å². The van der Waals surface area contributed by atoms with Crippen molar-refractivity contribution in [3.8, 4) is 0 Å². The van der Waals surface area contributed by atoms with Crippen LogP contribution < -0.4 is 0 Å². The van der Waals surface area contributed by atoms with E-state index in [1.54, 1.807) is 22.6 Å². The number of likely N-dealkylation sites (N-methyl/N-ethyl adjacent to an activating group) is 1. The predicted molar refractivity (Wildman–Crippen MR) is 80.5 cm³/mol. The van der Waals surface area contributed by atoms with E-state index in [1.165, 1.54) is 6.20 Å². The van der Waals surface area contributed by atoms with Gasteiger partial charge in [-0.15, -0.1) is 0 Å². The van der Waals surface area contributed by atoms with Crippen molar-refractivity contribution in [2.24, 2.45) is 0 Å². The summed E-state index contributed by atoms with van der Waals surface area (Å²) < 4.78 is 32.7. The molecule has 2 rings (SSSR count). The Bertz CT molecular complexity index is 528. The fourth-order valence-corrected chi connectivity index (χ4v) is 4.05. The maximum Gasteiger partial charge on any atom is 0.244 e. The first kappa shape index (κ1) is 16.4. The van der Waals surface area contributed by atoms with Gasteiger partial charge in [0.05, 0.1) is 0 Å². The maximum atomic E-state index is 12.9. The number of aromatic nitrogens is 1. The first-order valence-corrected chi connectivity index (χ1v) is 8.60. The van der Waals surface area contributed by atoms with E-state index in [1.807, 2.05) is 19.0 Å². The molecule has 21 heavy (non-hydrogen) atoms. The monoisotopic (exact) mass is 313 g/mol. The van der Waals surface area contributed by atoms with Crippen molar-refractivity contribution in [2.45, 2.75) is 23.8 Å². The molecule has 0 aromatic carbocycles. The van der Waals surface area contributed by atoms with Gasteiger partial charge in [0.25, 0.3) is 0 Å². The van der Waals surface area contributed by atoms with E-state index < -0.39 is 10.0 Å². The van der Waals surface area contributed by atoms with Gasteiger partial charge in [-0.1, -0.05) is 0 Å². The molecule has 118 valence electrons. The Morgan fingerprint density at radius 2 is 2.00 bits per heavy atom. The minimum absolute atomic E-state index is 0.00362. The molecule has 7 heteroatoms. The summed E-state index contributed by atoms with van der Waals surface area (Å²) >= 11 is 0. The van der Waals surface area contributed by atoms with Crippen molar-refractivity contribution >= 4 is 10.0 Å². The number of hydrogen-bond acceptors (Lipinski definition) is 5. The van der Waals surface area contributed by atoms with E-state index in [0.29, 0.717) is 26.3 Å². The number of ether oxygens (including phenoxy) is 1. The van der Waals surface area contributed by atoms with E-state index in [2.05, 4.69) is 4.98 Å². The lowest BCUT2D eigenvalue weighted by Crippen LogP contribution is -2.46. The van der Waals surface area contributed by atoms with Crippen molar-refractivity contribution in [3.05, 3.63) is 24.5 Å². The molecule has 0 spiro atoms. The van der Waals surface area contributed by atoms with Crippen molar-refractivity contribution in [2.75, 3.05) is 40.4 Å². The second kappa shape index (κ2) is 7.31. The van der Waals surface area contributed by atoms with Crippen molar-refractivity contribution in [3.63, 3.8) is 0 Å². The highest BCUT2D eigenvalue weighted by Crippen LogP contribution is 2.22. The molecule has 0 N–H and O–H groups in total. The topological polar surface area (TPSA) is 62.7 Å². The van der Waals surface area contributed by atoms with E-state index in [4.69, 9.17) is 4.74 Å². The van der Waals surface area contributed by atoms with Crippen LogP contribution in [0.25, 0.3) is 0 Å². The molecular formula is C14H23N3O3S. The van der Waals surface area contributed by atoms with Crippen molar-refractivity contribution < 1.29 is 13.2 Å². The number of sulfonamides is 1. The molecule has 0 amide bonds. The van der Waals surface area contributed by atoms with E-state index in [9.17, 15) is 8.42 Å². The SMILES string of the molecule is CN(C)CCN(C1CCOCC1)S(=O)(=O)c1cccnc1. The van der Waals surface area contributed by atoms with E-state index in [0.717, 1.165) is 12.8 Å². The van der Waals surface area contributed by atoms with Gasteiger partial charge < -0.3 is 9.64 Å². The summed E-state index contributed by atoms with van der Waals surface area (Å²) in [7, 11) is 0.379. The standard InChI is InChI=1S/C14H23N3O3S/c1-16(2)8-9-17(13-5-10-20-11-6-13)21(18,19)14-4-3-7-15-12-14/h3-4,7,12-13H,5-6,8-11H2,1-2H3. The first-order chi connectivity index (χ1) is 10.0. The number of nitrogens with zero attached hydrogens (tertiary/aromatic N) is 3. The summed E-state index contributed by atoms with van der Waals surface area (Å²) in [5.41, 5.74) is 0. The average molecular weight is 313 g/mol. The molecule has 6 nitrogen and oxygen atoms in total. The molecule has 1 aliphatic rings. The quantitative estimate of drug-likeness (QED) is 0.778. The van der Waals surface area contributed by atoms with E-state index in [-0.39, 0.29) is 10.9 Å². The van der Waals surface area contributed by atoms with Gasteiger partial charge in [0.15, 0.2) is 0 Å². The molecule has 0 aliphatic carbocycles. The third-order valence-corrected chi connectivity index (χ3v) is 5.54. The highest BCUT2D eigenvalue weighted by molar-refractivity contribution is 7.89. The van der Waals surface area contributed by atoms with Crippen LogP contribution in [0.1, 0.15) is 12.8 Å². The normalized spacial score (nSPS) is 17.5. The van der Waals surface area contributed by atoms with Crippen LogP contribution in [0.3, 0.4) is 0 Å². The van der Waals surface area contributed by atoms with Gasteiger partial charge in [0.1, 0.15) is 4.90 Å². The average Bonchev–Trinajstić information content (AvgIpc) is 2.49. The molecule has 2 heterocycles. The third-order valence-electron chi connectivity index (χ3n) is 3.61. The Balaban J connectivity index is 2.24. The first-order valence-electron chi connectivity index (χ1n) is 7.16. The largest absolute Gasteiger partial charge is 0.381 e. The van der Waals surface area contributed by atoms with Crippen molar-refractivity contribution in [1.29, 1.82) is 0 Å². The molecule has 0 bridgehead atoms. The Kier molecular flexibility index (Phi) is 5.69. The smallest absolute Gasteiger partial charge is 0.244 e. The van der Waals surface area contributed by atoms with Gasteiger partial charge in [-0.3, -0.25) is 4.98 Å². The van der Waals surface area contributed by atoms with Crippen LogP contribution in [-0.2, 0) is 14.8 Å². The molecule has 1 saturated heterocycles. The van der Waals surface area contributed by atoms with Gasteiger partial charge in [-0.2, -0.15) is 4.31 Å². The minimum atomic E-state index is -3.51. The van der Waals surface area contributed by atoms with Crippen molar-refractivity contribution in [1.82, 2.24) is 14.2 Å². The van der Waals surface area contributed by atoms with Crippen LogP contribution in [0.2, 0.25) is 0 Å². The zero-order chi connectivity index (χ0) is 15.3. The lowest BCUT2D eigenvalue weighted by atomic mass is 10.1. The van der Waals surface area contributed by atoms with Crippen LogP contribution in [0.15, 0.2) is 29.4 Å². The fourth-order valence-electron chi connectivity index (χ4n) is 2.41. The van der Waals surface area contributed by atoms with E-state index >= 15 is 0 Å². The Labute approximate surface area is 126 Å². The molecular weight excluding hydrogens is 290 g/mol. The highest BCUT2D eigenvalue weighted by Gasteiger charge is 2.32. The van der Waals surface area contributed by atoms with Gasteiger partial charge >= 0.3 is 0 Å². The minimum Gasteiger partial charge on any atom is -0.381 e. The van der Waals surface area contributed by atoms with Crippen LogP contribution >= 0.6 is 0 Å². The summed E-state index contributed by atoms with van der Waals surface area (Å²) in [6.07, 6.45) is 4.48. The summed E-state index contributed by atoms with van der Waals surface area (Å²) in [4.78, 5) is 6.18. The molecule has 0 radical (unpaired) electrons. The fraction of sp³-hybridized carbons (Fsp3) is 0.643. The molecule has 0 atom stereocenters. The zero-order valence-corrected chi connectivity index (χ0v) is 13.4. The highest BCUT2D eigenvalue weighted by atomic mass is 32.2. The lowest BCUT2D eigenvalue weighted by Gasteiger charge is -2.34. The predicted octanol–water partition coefficient (Wildman–Crippen LogP) is 0.813. The Morgan fingerprint density at radius 1 is 1.29 bits per heavy atom. The number of pyridine rings is 1. The lowest BCUT2D eigenvalue weighted by molar-refractivity contribution is 0.0573. The molecule has 1 aromatic heterocycles. The van der Waals surface area contributed by atoms with Crippen LogP contribution in [0.5, 0.6) is 0 Å². The van der Waals surface area contributed by atoms with Crippen LogP contribution in [0.4, 0.5) is 0 Å². The van der Waals surface area contributed by atoms with Crippen LogP contribution in [-0.4, -0.2) is 69.0 Å². The van der Waals surface area contributed by atoms with Gasteiger partial charge in [0.2, 0.25) is 10.0 Å². The summed E-state index contributed by atoms with van der Waals surface area (Å²) in [5.74, 6) is 0. The number of rotatable bonds is 6. The Hall–Kier alpha value is -1.02. The molecule has 0 saturated carbocycles. The Morgan fingerprint density at radius 3 is 2.57 bits per heavy atom. The zero-order valence-electron chi connectivity index (χ0n) is 12.6. The molecule has 1 fully saturated rings.